The highest BCUT2D eigenvalue weighted by atomic mass is 16.6. The second-order valence-electron chi connectivity index (χ2n) is 5.44. The van der Waals surface area contributed by atoms with E-state index in [1.165, 1.54) is 0 Å². The lowest BCUT2D eigenvalue weighted by atomic mass is 10.1. The molecule has 0 spiro atoms. The van der Waals surface area contributed by atoms with Crippen molar-refractivity contribution in [3.05, 3.63) is 53.6 Å². The average molecular weight is 328 g/mol. The van der Waals surface area contributed by atoms with E-state index in [4.69, 9.17) is 19.9 Å². The molecule has 0 atom stereocenters. The fraction of sp³-hybridized carbons (Fsp3) is 0.278. The van der Waals surface area contributed by atoms with Gasteiger partial charge in [-0.2, -0.15) is 0 Å². The summed E-state index contributed by atoms with van der Waals surface area (Å²) in [6.45, 7) is 2.46. The lowest BCUT2D eigenvalue weighted by Gasteiger charge is -2.21. The maximum Gasteiger partial charge on any atom is 0.255 e. The summed E-state index contributed by atoms with van der Waals surface area (Å²) in [6, 6.07) is 13.5. The molecule has 0 saturated carbocycles. The predicted octanol–water partition coefficient (Wildman–Crippen LogP) is 1.61. The summed E-state index contributed by atoms with van der Waals surface area (Å²) in [5, 5.41) is 3.39. The molecule has 0 aliphatic carbocycles. The van der Waals surface area contributed by atoms with Crippen LogP contribution in [0.25, 0.3) is 0 Å². The molecule has 1 amide bonds. The van der Waals surface area contributed by atoms with Crippen LogP contribution in [-0.4, -0.2) is 25.7 Å². The molecule has 2 aromatic carbocycles. The van der Waals surface area contributed by atoms with E-state index in [1.54, 1.807) is 0 Å². The summed E-state index contributed by atoms with van der Waals surface area (Å²) >= 11 is 0. The maximum atomic E-state index is 10.7. The second kappa shape index (κ2) is 7.70. The number of benzene rings is 2. The van der Waals surface area contributed by atoms with E-state index in [9.17, 15) is 4.79 Å². The number of para-hydroxylation sites is 1. The zero-order valence-corrected chi connectivity index (χ0v) is 13.3. The predicted molar refractivity (Wildman–Crippen MR) is 89.1 cm³/mol. The van der Waals surface area contributed by atoms with Crippen LogP contribution in [0.2, 0.25) is 0 Å². The molecule has 1 aliphatic rings. The van der Waals surface area contributed by atoms with Crippen molar-refractivity contribution < 1.29 is 19.0 Å². The summed E-state index contributed by atoms with van der Waals surface area (Å²) in [6.07, 6.45) is 0. The van der Waals surface area contributed by atoms with Crippen LogP contribution in [0.5, 0.6) is 17.2 Å². The molecular weight excluding hydrogens is 308 g/mol. The number of carbonyl (C=O) groups excluding carboxylic acids is 1. The van der Waals surface area contributed by atoms with Gasteiger partial charge in [0.2, 0.25) is 0 Å². The number of rotatable bonds is 7. The zero-order chi connectivity index (χ0) is 16.8. The zero-order valence-electron chi connectivity index (χ0n) is 13.3. The number of hydrogen-bond donors (Lipinski definition) is 2. The van der Waals surface area contributed by atoms with E-state index in [0.29, 0.717) is 32.1 Å². The van der Waals surface area contributed by atoms with Gasteiger partial charge in [-0.3, -0.25) is 4.79 Å². The van der Waals surface area contributed by atoms with Crippen molar-refractivity contribution in [1.82, 2.24) is 5.32 Å². The van der Waals surface area contributed by atoms with Crippen LogP contribution in [0, 0.1) is 0 Å². The fourth-order valence-corrected chi connectivity index (χ4v) is 2.47. The first kappa shape index (κ1) is 16.1. The van der Waals surface area contributed by atoms with Crippen molar-refractivity contribution in [3.8, 4) is 17.2 Å². The van der Waals surface area contributed by atoms with Gasteiger partial charge in [-0.1, -0.05) is 24.3 Å². The first-order chi connectivity index (χ1) is 11.7. The monoisotopic (exact) mass is 328 g/mol. The second-order valence-corrected chi connectivity index (χ2v) is 5.44. The molecule has 1 heterocycles. The Morgan fingerprint density at radius 2 is 1.88 bits per heavy atom. The number of carbonyl (C=O) groups is 1. The van der Waals surface area contributed by atoms with Crippen molar-refractivity contribution >= 4 is 5.91 Å². The third-order valence-corrected chi connectivity index (χ3v) is 3.60. The Bertz CT molecular complexity index is 701. The molecule has 0 fully saturated rings. The van der Waals surface area contributed by atoms with Crippen molar-refractivity contribution in [2.45, 2.75) is 13.1 Å². The summed E-state index contributed by atoms with van der Waals surface area (Å²) < 4.78 is 16.5. The molecule has 0 saturated heterocycles. The molecule has 0 bridgehead atoms. The number of fused-ring (bicyclic) bond motifs is 1. The molecule has 0 aromatic heterocycles. The van der Waals surface area contributed by atoms with Crippen LogP contribution in [0.3, 0.4) is 0 Å². The Morgan fingerprint density at radius 3 is 2.67 bits per heavy atom. The van der Waals surface area contributed by atoms with E-state index in [1.807, 2.05) is 42.5 Å². The lowest BCUT2D eigenvalue weighted by molar-refractivity contribution is -0.119. The quantitative estimate of drug-likeness (QED) is 0.807. The molecule has 0 unspecified atom stereocenters. The van der Waals surface area contributed by atoms with E-state index in [2.05, 4.69) is 5.32 Å². The molecule has 0 radical (unpaired) electrons. The minimum atomic E-state index is -0.488. The van der Waals surface area contributed by atoms with Gasteiger partial charge in [0, 0.05) is 18.7 Å². The summed E-state index contributed by atoms with van der Waals surface area (Å²) in [5.41, 5.74) is 7.24. The van der Waals surface area contributed by atoms with Crippen LogP contribution in [0.4, 0.5) is 0 Å². The Labute approximate surface area is 140 Å². The van der Waals surface area contributed by atoms with Crippen LogP contribution in [0.1, 0.15) is 11.1 Å². The van der Waals surface area contributed by atoms with Gasteiger partial charge in [0.1, 0.15) is 19.0 Å². The molecule has 6 nitrogen and oxygen atoms in total. The highest BCUT2D eigenvalue weighted by molar-refractivity contribution is 5.75. The lowest BCUT2D eigenvalue weighted by Crippen LogP contribution is -2.20. The molecule has 24 heavy (non-hydrogen) atoms. The minimum Gasteiger partial charge on any atom is -0.486 e. The summed E-state index contributed by atoms with van der Waals surface area (Å²) in [5.74, 6) is 1.77. The number of amides is 1. The van der Waals surface area contributed by atoms with Gasteiger partial charge in [0.25, 0.3) is 5.91 Å². The summed E-state index contributed by atoms with van der Waals surface area (Å²) in [4.78, 5) is 10.7. The Kier molecular flexibility index (Phi) is 5.18. The molecule has 126 valence electrons. The number of nitrogens with one attached hydrogen (secondary N) is 1. The van der Waals surface area contributed by atoms with Crippen molar-refractivity contribution in [1.29, 1.82) is 0 Å². The van der Waals surface area contributed by atoms with Crippen molar-refractivity contribution in [2.24, 2.45) is 5.73 Å². The third-order valence-electron chi connectivity index (χ3n) is 3.60. The first-order valence-electron chi connectivity index (χ1n) is 7.80. The molecular formula is C18H20N2O4. The van der Waals surface area contributed by atoms with Crippen LogP contribution < -0.4 is 25.3 Å². The molecule has 3 rings (SSSR count). The largest absolute Gasteiger partial charge is 0.486 e. The van der Waals surface area contributed by atoms with Crippen molar-refractivity contribution in [2.75, 3.05) is 19.8 Å². The average Bonchev–Trinajstić information content (AvgIpc) is 2.61. The van der Waals surface area contributed by atoms with Crippen LogP contribution in [0.15, 0.2) is 42.5 Å². The SMILES string of the molecule is NC(=O)COc1ccc(CNCc2cccc3c2OCCO3)cc1. The van der Waals surface area contributed by atoms with Gasteiger partial charge < -0.3 is 25.3 Å². The smallest absolute Gasteiger partial charge is 0.255 e. The van der Waals surface area contributed by atoms with Gasteiger partial charge in [-0.05, 0) is 23.8 Å². The van der Waals surface area contributed by atoms with Crippen molar-refractivity contribution in [3.63, 3.8) is 0 Å². The highest BCUT2D eigenvalue weighted by Gasteiger charge is 2.14. The Hall–Kier alpha value is -2.73. The standard InChI is InChI=1S/C18H20N2O4/c19-17(21)12-24-15-6-4-13(5-7-15)10-20-11-14-2-1-3-16-18(14)23-9-8-22-16/h1-7,20H,8-12H2,(H2,19,21). The maximum absolute atomic E-state index is 10.7. The molecule has 1 aliphatic heterocycles. The topological polar surface area (TPSA) is 82.8 Å². The van der Waals surface area contributed by atoms with Crippen LogP contribution in [-0.2, 0) is 17.9 Å². The number of primary amides is 1. The Morgan fingerprint density at radius 1 is 1.08 bits per heavy atom. The summed E-state index contributed by atoms with van der Waals surface area (Å²) in [7, 11) is 0. The first-order valence-corrected chi connectivity index (χ1v) is 7.80. The molecule has 3 N–H and O–H groups in total. The van der Waals surface area contributed by atoms with E-state index in [-0.39, 0.29) is 6.61 Å². The van der Waals surface area contributed by atoms with Gasteiger partial charge in [0.05, 0.1) is 0 Å². The molecule has 6 heteroatoms. The van der Waals surface area contributed by atoms with Gasteiger partial charge in [-0.25, -0.2) is 0 Å². The van der Waals surface area contributed by atoms with Gasteiger partial charge >= 0.3 is 0 Å². The van der Waals surface area contributed by atoms with Gasteiger partial charge in [0.15, 0.2) is 18.1 Å². The van der Waals surface area contributed by atoms with E-state index < -0.39 is 5.91 Å². The van der Waals surface area contributed by atoms with E-state index >= 15 is 0 Å². The van der Waals surface area contributed by atoms with Crippen LogP contribution >= 0.6 is 0 Å². The van der Waals surface area contributed by atoms with E-state index in [0.717, 1.165) is 22.6 Å². The molecule has 2 aromatic rings. The number of hydrogen-bond acceptors (Lipinski definition) is 5. The Balaban J connectivity index is 1.52. The number of ether oxygens (including phenoxy) is 3. The fourth-order valence-electron chi connectivity index (χ4n) is 2.47. The minimum absolute atomic E-state index is 0.112. The highest BCUT2D eigenvalue weighted by Crippen LogP contribution is 2.33. The third kappa shape index (κ3) is 4.17. The normalized spacial score (nSPS) is 12.7. The van der Waals surface area contributed by atoms with Gasteiger partial charge in [-0.15, -0.1) is 0 Å². The number of nitrogens with two attached hydrogens (primary N) is 1.